The van der Waals surface area contributed by atoms with Gasteiger partial charge in [0.2, 0.25) is 0 Å². The van der Waals surface area contributed by atoms with E-state index < -0.39 is 0 Å². The zero-order valence-corrected chi connectivity index (χ0v) is 9.31. The van der Waals surface area contributed by atoms with Crippen molar-refractivity contribution in [3.8, 4) is 0 Å². The van der Waals surface area contributed by atoms with Gasteiger partial charge in [-0.25, -0.2) is 0 Å². The maximum atomic E-state index is 2.51. The summed E-state index contributed by atoms with van der Waals surface area (Å²) in [7, 11) is 0. The average molecular weight is 180 g/mol. The molecule has 0 aromatic carbocycles. The van der Waals surface area contributed by atoms with Crippen LogP contribution in [0.1, 0.15) is 65.2 Å². The van der Waals surface area contributed by atoms with Crippen molar-refractivity contribution in [2.45, 2.75) is 65.2 Å². The minimum atomic E-state index is 0.774. The summed E-state index contributed by atoms with van der Waals surface area (Å²) in [6.07, 6.45) is 12.1. The van der Waals surface area contributed by atoms with Gasteiger partial charge in [-0.2, -0.15) is 0 Å². The SMILES string of the molecule is CC1CCCCC12CCCCC2C. The fourth-order valence-electron chi connectivity index (χ4n) is 3.98. The molecule has 0 heteroatoms. The molecule has 2 atom stereocenters. The summed E-state index contributed by atoms with van der Waals surface area (Å²) in [5.41, 5.74) is 0.774. The highest BCUT2D eigenvalue weighted by atomic mass is 14.5. The topological polar surface area (TPSA) is 0 Å². The molecule has 0 aliphatic heterocycles. The van der Waals surface area contributed by atoms with Crippen LogP contribution in [0.4, 0.5) is 0 Å². The lowest BCUT2D eigenvalue weighted by molar-refractivity contribution is 0.00493. The van der Waals surface area contributed by atoms with Crippen molar-refractivity contribution >= 4 is 0 Å². The molecular weight excluding hydrogens is 156 g/mol. The van der Waals surface area contributed by atoms with E-state index in [1.165, 1.54) is 51.4 Å². The Morgan fingerprint density at radius 1 is 0.769 bits per heavy atom. The van der Waals surface area contributed by atoms with E-state index in [9.17, 15) is 0 Å². The minimum absolute atomic E-state index is 0.774. The van der Waals surface area contributed by atoms with Crippen LogP contribution in [0.3, 0.4) is 0 Å². The molecule has 0 amide bonds. The lowest BCUT2D eigenvalue weighted by atomic mass is 9.55. The maximum absolute atomic E-state index is 2.51. The van der Waals surface area contributed by atoms with Crippen molar-refractivity contribution in [2.24, 2.45) is 17.3 Å². The molecule has 0 saturated heterocycles. The number of rotatable bonds is 0. The molecule has 0 aromatic rings. The van der Waals surface area contributed by atoms with Gasteiger partial charge in [0, 0.05) is 0 Å². The van der Waals surface area contributed by atoms with Gasteiger partial charge in [-0.15, -0.1) is 0 Å². The average Bonchev–Trinajstić information content (AvgIpc) is 2.15. The van der Waals surface area contributed by atoms with Gasteiger partial charge in [0.15, 0.2) is 0 Å². The molecule has 13 heavy (non-hydrogen) atoms. The lowest BCUT2D eigenvalue weighted by Gasteiger charge is -2.50. The van der Waals surface area contributed by atoms with E-state index in [1.54, 1.807) is 0 Å². The van der Waals surface area contributed by atoms with E-state index in [-0.39, 0.29) is 0 Å². The second-order valence-electron chi connectivity index (χ2n) is 5.53. The Morgan fingerprint density at radius 3 is 1.62 bits per heavy atom. The zero-order valence-electron chi connectivity index (χ0n) is 9.31. The Kier molecular flexibility index (Phi) is 2.67. The molecule has 2 fully saturated rings. The third-order valence-corrected chi connectivity index (χ3v) is 5.02. The Morgan fingerprint density at radius 2 is 1.23 bits per heavy atom. The molecule has 1 spiro atoms. The van der Waals surface area contributed by atoms with Crippen LogP contribution in [-0.2, 0) is 0 Å². The molecule has 2 aliphatic carbocycles. The first kappa shape index (κ1) is 9.55. The smallest absolute Gasteiger partial charge is 0.0246 e. The predicted molar refractivity (Wildman–Crippen MR) is 57.7 cm³/mol. The lowest BCUT2D eigenvalue weighted by Crippen LogP contribution is -2.40. The van der Waals surface area contributed by atoms with Crippen LogP contribution in [0.25, 0.3) is 0 Å². The van der Waals surface area contributed by atoms with Crippen LogP contribution >= 0.6 is 0 Å². The molecule has 0 aromatic heterocycles. The Balaban J connectivity index is 2.13. The molecule has 0 nitrogen and oxygen atoms in total. The van der Waals surface area contributed by atoms with E-state index in [2.05, 4.69) is 13.8 Å². The summed E-state index contributed by atoms with van der Waals surface area (Å²) in [6, 6.07) is 0. The first-order chi connectivity index (χ1) is 6.26. The molecule has 2 aliphatic rings. The standard InChI is InChI=1S/C13H24/c1-11-7-3-5-9-13(11)10-6-4-8-12(13)2/h11-12H,3-10H2,1-2H3. The third-order valence-electron chi connectivity index (χ3n) is 5.02. The Bertz CT molecular complexity index is 151. The van der Waals surface area contributed by atoms with Crippen molar-refractivity contribution in [3.05, 3.63) is 0 Å². The van der Waals surface area contributed by atoms with Crippen LogP contribution in [0.2, 0.25) is 0 Å². The molecule has 0 N–H and O–H groups in total. The summed E-state index contributed by atoms with van der Waals surface area (Å²) in [4.78, 5) is 0. The molecule has 2 saturated carbocycles. The van der Waals surface area contributed by atoms with Crippen LogP contribution in [0.15, 0.2) is 0 Å². The van der Waals surface area contributed by atoms with Gasteiger partial charge in [-0.3, -0.25) is 0 Å². The fourth-order valence-corrected chi connectivity index (χ4v) is 3.98. The molecule has 0 radical (unpaired) electrons. The quantitative estimate of drug-likeness (QED) is 0.518. The molecule has 0 bridgehead atoms. The summed E-state index contributed by atoms with van der Waals surface area (Å²) >= 11 is 0. The maximum Gasteiger partial charge on any atom is -0.0246 e. The fraction of sp³-hybridized carbons (Fsp3) is 1.00. The van der Waals surface area contributed by atoms with E-state index in [4.69, 9.17) is 0 Å². The van der Waals surface area contributed by atoms with Crippen LogP contribution in [0.5, 0.6) is 0 Å². The third kappa shape index (κ3) is 1.53. The van der Waals surface area contributed by atoms with Gasteiger partial charge in [-0.05, 0) is 30.1 Å². The monoisotopic (exact) mass is 180 g/mol. The van der Waals surface area contributed by atoms with E-state index >= 15 is 0 Å². The molecule has 2 rings (SSSR count). The van der Waals surface area contributed by atoms with Crippen molar-refractivity contribution < 1.29 is 0 Å². The summed E-state index contributed by atoms with van der Waals surface area (Å²) in [6.45, 7) is 5.03. The van der Waals surface area contributed by atoms with E-state index in [1.807, 2.05) is 0 Å². The highest BCUT2D eigenvalue weighted by Crippen LogP contribution is 2.53. The van der Waals surface area contributed by atoms with Crippen LogP contribution < -0.4 is 0 Å². The van der Waals surface area contributed by atoms with E-state index in [0.29, 0.717) is 0 Å². The zero-order chi connectivity index (χ0) is 9.31. The van der Waals surface area contributed by atoms with Gasteiger partial charge in [0.25, 0.3) is 0 Å². The van der Waals surface area contributed by atoms with Gasteiger partial charge in [-0.1, -0.05) is 52.4 Å². The van der Waals surface area contributed by atoms with Gasteiger partial charge >= 0.3 is 0 Å². The van der Waals surface area contributed by atoms with Gasteiger partial charge < -0.3 is 0 Å². The second kappa shape index (κ2) is 3.63. The molecule has 2 unspecified atom stereocenters. The Hall–Kier alpha value is 0. The van der Waals surface area contributed by atoms with Gasteiger partial charge in [0.1, 0.15) is 0 Å². The number of hydrogen-bond donors (Lipinski definition) is 0. The molecule has 76 valence electrons. The largest absolute Gasteiger partial charge is 0.0620 e. The minimum Gasteiger partial charge on any atom is -0.0620 e. The summed E-state index contributed by atoms with van der Waals surface area (Å²) in [5.74, 6) is 2.02. The van der Waals surface area contributed by atoms with E-state index in [0.717, 1.165) is 17.3 Å². The second-order valence-corrected chi connectivity index (χ2v) is 5.53. The normalized spacial score (nSPS) is 46.6. The summed E-state index contributed by atoms with van der Waals surface area (Å²) in [5, 5.41) is 0. The van der Waals surface area contributed by atoms with Gasteiger partial charge in [0.05, 0.1) is 0 Å². The van der Waals surface area contributed by atoms with Crippen LogP contribution in [-0.4, -0.2) is 0 Å². The first-order valence-corrected chi connectivity index (χ1v) is 6.26. The Labute approximate surface area is 83.1 Å². The van der Waals surface area contributed by atoms with Crippen molar-refractivity contribution in [2.75, 3.05) is 0 Å². The predicted octanol–water partition coefficient (Wildman–Crippen LogP) is 4.39. The molecule has 0 heterocycles. The van der Waals surface area contributed by atoms with Crippen molar-refractivity contribution in [3.63, 3.8) is 0 Å². The van der Waals surface area contributed by atoms with Crippen LogP contribution in [0, 0.1) is 17.3 Å². The first-order valence-electron chi connectivity index (χ1n) is 6.26. The highest BCUT2D eigenvalue weighted by molar-refractivity contribution is 4.93. The van der Waals surface area contributed by atoms with Crippen molar-refractivity contribution in [1.29, 1.82) is 0 Å². The van der Waals surface area contributed by atoms with Crippen molar-refractivity contribution in [1.82, 2.24) is 0 Å². The number of hydrogen-bond acceptors (Lipinski definition) is 0. The highest BCUT2D eigenvalue weighted by Gasteiger charge is 2.43. The summed E-state index contributed by atoms with van der Waals surface area (Å²) < 4.78 is 0. The molecular formula is C13H24.